The van der Waals surface area contributed by atoms with E-state index in [4.69, 9.17) is 5.11 Å². The SMILES string of the molecule is O=C(O)CCC(=O)NC(=O)N1CC=C(C(F)(F)F)CC1. The lowest BCUT2D eigenvalue weighted by atomic mass is 10.1. The number of amides is 3. The molecule has 3 amide bonds. The molecule has 0 spiro atoms. The highest BCUT2D eigenvalue weighted by atomic mass is 19.4. The molecule has 0 aromatic heterocycles. The molecule has 2 N–H and O–H groups in total. The Hall–Kier alpha value is -2.06. The molecule has 1 rings (SSSR count). The Bertz CT molecular complexity index is 445. The summed E-state index contributed by atoms with van der Waals surface area (Å²) in [5.74, 6) is -1.95. The van der Waals surface area contributed by atoms with Gasteiger partial charge in [-0.25, -0.2) is 4.79 Å². The number of alkyl halides is 3. The van der Waals surface area contributed by atoms with Crippen LogP contribution in [-0.4, -0.2) is 47.2 Å². The van der Waals surface area contributed by atoms with Crippen LogP contribution < -0.4 is 5.32 Å². The Morgan fingerprint density at radius 1 is 1.30 bits per heavy atom. The largest absolute Gasteiger partial charge is 0.481 e. The smallest absolute Gasteiger partial charge is 0.412 e. The minimum atomic E-state index is -4.40. The van der Waals surface area contributed by atoms with Gasteiger partial charge >= 0.3 is 18.2 Å². The van der Waals surface area contributed by atoms with Crippen LogP contribution in [0.15, 0.2) is 11.6 Å². The predicted octanol–water partition coefficient (Wildman–Crippen LogP) is 1.28. The Morgan fingerprint density at radius 3 is 2.40 bits per heavy atom. The zero-order valence-electron chi connectivity index (χ0n) is 10.4. The van der Waals surface area contributed by atoms with Crippen LogP contribution in [0.2, 0.25) is 0 Å². The van der Waals surface area contributed by atoms with E-state index in [1.54, 1.807) is 0 Å². The molecule has 0 aromatic carbocycles. The molecule has 0 bridgehead atoms. The normalized spacial score (nSPS) is 15.6. The molecule has 0 saturated heterocycles. The Morgan fingerprint density at radius 2 is 1.95 bits per heavy atom. The maximum absolute atomic E-state index is 12.4. The third-order valence-electron chi connectivity index (χ3n) is 2.67. The van der Waals surface area contributed by atoms with Crippen molar-refractivity contribution in [2.75, 3.05) is 13.1 Å². The molecule has 1 aliphatic heterocycles. The molecule has 1 aliphatic rings. The fraction of sp³-hybridized carbons (Fsp3) is 0.545. The number of hydrogen-bond acceptors (Lipinski definition) is 3. The molecular weight excluding hydrogens is 281 g/mol. The van der Waals surface area contributed by atoms with Gasteiger partial charge in [-0.2, -0.15) is 13.2 Å². The van der Waals surface area contributed by atoms with E-state index in [9.17, 15) is 27.6 Å². The molecule has 0 atom stereocenters. The molecule has 0 saturated carbocycles. The first-order chi connectivity index (χ1) is 9.20. The van der Waals surface area contributed by atoms with Crippen LogP contribution in [0, 0.1) is 0 Å². The van der Waals surface area contributed by atoms with Gasteiger partial charge in [-0.1, -0.05) is 6.08 Å². The second-order valence-electron chi connectivity index (χ2n) is 4.17. The van der Waals surface area contributed by atoms with Crippen molar-refractivity contribution in [3.05, 3.63) is 11.6 Å². The van der Waals surface area contributed by atoms with E-state index in [2.05, 4.69) is 0 Å². The number of halogens is 3. The monoisotopic (exact) mass is 294 g/mol. The second kappa shape index (κ2) is 6.40. The predicted molar refractivity (Wildman–Crippen MR) is 60.7 cm³/mol. The van der Waals surface area contributed by atoms with E-state index in [-0.39, 0.29) is 25.9 Å². The molecule has 0 fully saturated rings. The van der Waals surface area contributed by atoms with Gasteiger partial charge in [0, 0.05) is 25.1 Å². The van der Waals surface area contributed by atoms with Gasteiger partial charge in [0.2, 0.25) is 5.91 Å². The number of aliphatic carboxylic acids is 1. The Balaban J connectivity index is 2.45. The fourth-order valence-corrected chi connectivity index (χ4v) is 1.59. The molecule has 20 heavy (non-hydrogen) atoms. The number of carboxylic acids is 1. The van der Waals surface area contributed by atoms with Gasteiger partial charge < -0.3 is 10.0 Å². The van der Waals surface area contributed by atoms with E-state index in [1.807, 2.05) is 5.32 Å². The number of nitrogens with zero attached hydrogens (tertiary/aromatic N) is 1. The molecule has 0 radical (unpaired) electrons. The van der Waals surface area contributed by atoms with Crippen LogP contribution in [0.4, 0.5) is 18.0 Å². The van der Waals surface area contributed by atoms with Gasteiger partial charge in [0.05, 0.1) is 6.42 Å². The maximum atomic E-state index is 12.4. The topological polar surface area (TPSA) is 86.7 Å². The summed E-state index contributed by atoms with van der Waals surface area (Å²) in [5, 5.41) is 10.3. The quantitative estimate of drug-likeness (QED) is 0.768. The van der Waals surface area contributed by atoms with Gasteiger partial charge in [0.15, 0.2) is 0 Å². The van der Waals surface area contributed by atoms with Crippen LogP contribution in [0.3, 0.4) is 0 Å². The lowest BCUT2D eigenvalue weighted by Crippen LogP contribution is -2.45. The van der Waals surface area contributed by atoms with E-state index in [0.717, 1.165) is 11.0 Å². The van der Waals surface area contributed by atoms with Gasteiger partial charge in [-0.15, -0.1) is 0 Å². The number of urea groups is 1. The van der Waals surface area contributed by atoms with E-state index < -0.39 is 36.1 Å². The van der Waals surface area contributed by atoms with Crippen LogP contribution in [0.1, 0.15) is 19.3 Å². The summed E-state index contributed by atoms with van der Waals surface area (Å²) in [6.45, 7) is -0.393. The average Bonchev–Trinajstić information content (AvgIpc) is 2.35. The Labute approximate surface area is 112 Å². The number of carboxylic acid groups (broad SMARTS) is 1. The van der Waals surface area contributed by atoms with Crippen LogP contribution in [-0.2, 0) is 9.59 Å². The first kappa shape index (κ1) is 16.0. The van der Waals surface area contributed by atoms with Crippen molar-refractivity contribution >= 4 is 17.9 Å². The van der Waals surface area contributed by atoms with Crippen molar-refractivity contribution < 1.29 is 32.7 Å². The molecule has 0 aliphatic carbocycles. The number of carbonyl (C=O) groups is 3. The summed E-state index contributed by atoms with van der Waals surface area (Å²) in [6, 6.07) is -0.821. The van der Waals surface area contributed by atoms with E-state index >= 15 is 0 Å². The second-order valence-corrected chi connectivity index (χ2v) is 4.17. The number of nitrogens with one attached hydrogen (secondary N) is 1. The van der Waals surface area contributed by atoms with Gasteiger partial charge in [-0.05, 0) is 6.42 Å². The van der Waals surface area contributed by atoms with Crippen molar-refractivity contribution in [2.24, 2.45) is 0 Å². The first-order valence-corrected chi connectivity index (χ1v) is 5.77. The zero-order valence-corrected chi connectivity index (χ0v) is 10.4. The van der Waals surface area contributed by atoms with Crippen LogP contribution in [0.25, 0.3) is 0 Å². The molecular formula is C11H13F3N2O4. The minimum absolute atomic E-state index is 0.149. The molecule has 0 aromatic rings. The highest BCUT2D eigenvalue weighted by Crippen LogP contribution is 2.29. The van der Waals surface area contributed by atoms with Gasteiger partial charge in [0.25, 0.3) is 0 Å². The molecule has 6 nitrogen and oxygen atoms in total. The third-order valence-corrected chi connectivity index (χ3v) is 2.67. The Kier molecular flexibility index (Phi) is 5.12. The third kappa shape index (κ3) is 4.90. The summed E-state index contributed by atoms with van der Waals surface area (Å²) in [7, 11) is 0. The van der Waals surface area contributed by atoms with Gasteiger partial charge in [0.1, 0.15) is 0 Å². The molecule has 9 heteroatoms. The highest BCUT2D eigenvalue weighted by molar-refractivity contribution is 5.95. The van der Waals surface area contributed by atoms with E-state index in [0.29, 0.717) is 0 Å². The van der Waals surface area contributed by atoms with Crippen molar-refractivity contribution in [3.8, 4) is 0 Å². The van der Waals surface area contributed by atoms with Crippen LogP contribution >= 0.6 is 0 Å². The van der Waals surface area contributed by atoms with Crippen molar-refractivity contribution in [2.45, 2.75) is 25.4 Å². The van der Waals surface area contributed by atoms with Crippen molar-refractivity contribution in [3.63, 3.8) is 0 Å². The number of imide groups is 1. The molecule has 1 heterocycles. The summed E-state index contributed by atoms with van der Waals surface area (Å²) in [5.41, 5.74) is -0.696. The minimum Gasteiger partial charge on any atom is -0.481 e. The summed E-state index contributed by atoms with van der Waals surface area (Å²) in [4.78, 5) is 34.0. The summed E-state index contributed by atoms with van der Waals surface area (Å²) < 4.78 is 37.1. The van der Waals surface area contributed by atoms with Gasteiger partial charge in [-0.3, -0.25) is 14.9 Å². The maximum Gasteiger partial charge on any atom is 0.412 e. The lowest BCUT2D eigenvalue weighted by Gasteiger charge is -2.27. The molecule has 0 unspecified atom stereocenters. The average molecular weight is 294 g/mol. The first-order valence-electron chi connectivity index (χ1n) is 5.77. The zero-order chi connectivity index (χ0) is 15.3. The number of carbonyl (C=O) groups excluding carboxylic acids is 2. The lowest BCUT2D eigenvalue weighted by molar-refractivity contribution is -0.138. The fourth-order valence-electron chi connectivity index (χ4n) is 1.59. The van der Waals surface area contributed by atoms with Crippen molar-refractivity contribution in [1.82, 2.24) is 10.2 Å². The van der Waals surface area contributed by atoms with E-state index in [1.165, 1.54) is 0 Å². The van der Waals surface area contributed by atoms with Crippen molar-refractivity contribution in [1.29, 1.82) is 0 Å². The molecule has 112 valence electrons. The number of rotatable bonds is 3. The summed E-state index contributed by atoms with van der Waals surface area (Å²) in [6.07, 6.45) is -4.62. The highest BCUT2D eigenvalue weighted by Gasteiger charge is 2.35. The number of hydrogen-bond donors (Lipinski definition) is 2. The van der Waals surface area contributed by atoms with Crippen LogP contribution in [0.5, 0.6) is 0 Å². The standard InChI is InChI=1S/C11H13F3N2O4/c12-11(13,14)7-3-5-16(6-4-7)10(20)15-8(17)1-2-9(18)19/h3H,1-2,4-6H2,(H,18,19)(H,15,17,20). The summed E-state index contributed by atoms with van der Waals surface area (Å²) >= 11 is 0.